The zero-order chi connectivity index (χ0) is 30.7. The smallest absolute Gasteiger partial charge is 0.163 e. The molecule has 5 rings (SSSR count). The Hall–Kier alpha value is -3.32. The lowest BCUT2D eigenvalue weighted by Crippen LogP contribution is -2.36. The lowest BCUT2D eigenvalue weighted by atomic mass is 10.1. The van der Waals surface area contributed by atoms with Crippen LogP contribution in [0.3, 0.4) is 0 Å². The van der Waals surface area contributed by atoms with Gasteiger partial charge >= 0.3 is 0 Å². The van der Waals surface area contributed by atoms with Gasteiger partial charge in [0.25, 0.3) is 0 Å². The quantitative estimate of drug-likeness (QED) is 0.436. The van der Waals surface area contributed by atoms with Gasteiger partial charge in [-0.05, 0) is 0 Å². The fraction of sp³-hybridized carbons (Fsp3) is 0.625. The molecule has 0 aromatic heterocycles. The minimum Gasteiger partial charge on any atom is -0.487 e. The number of ether oxygens (including phenoxy) is 8. The summed E-state index contributed by atoms with van der Waals surface area (Å²) in [6.07, 6.45) is 0. The van der Waals surface area contributed by atoms with Gasteiger partial charge in [0.05, 0.1) is 75.6 Å². The zero-order valence-corrected chi connectivity index (χ0v) is 26.7. The summed E-state index contributed by atoms with van der Waals surface area (Å²) in [5, 5.41) is 0. The van der Waals surface area contributed by atoms with E-state index in [9.17, 15) is 0 Å². The monoisotopic (exact) mass is 616 g/mol. The molecule has 12 heteroatoms. The van der Waals surface area contributed by atoms with E-state index in [0.29, 0.717) is 102 Å². The third-order valence-corrected chi connectivity index (χ3v) is 7.95. The summed E-state index contributed by atoms with van der Waals surface area (Å²) in [5.41, 5.74) is 4.46. The fourth-order valence-electron chi connectivity index (χ4n) is 5.32. The van der Waals surface area contributed by atoms with Crippen molar-refractivity contribution in [3.63, 3.8) is 0 Å². The van der Waals surface area contributed by atoms with Gasteiger partial charge in [-0.15, -0.1) is 0 Å². The average molecular weight is 617 g/mol. The fourth-order valence-corrected chi connectivity index (χ4v) is 5.32. The summed E-state index contributed by atoms with van der Waals surface area (Å²) < 4.78 is 47.6. The van der Waals surface area contributed by atoms with Crippen molar-refractivity contribution in [1.82, 2.24) is 0 Å². The minimum absolute atomic E-state index is 0.399. The first-order chi connectivity index (χ1) is 21.5. The van der Waals surface area contributed by atoms with Crippen molar-refractivity contribution in [1.29, 1.82) is 0 Å². The molecule has 3 aliphatic heterocycles. The molecule has 0 atom stereocenters. The molecule has 2 aromatic rings. The molecule has 44 heavy (non-hydrogen) atoms. The summed E-state index contributed by atoms with van der Waals surface area (Å²) in [4.78, 5) is 8.95. The second-order valence-corrected chi connectivity index (χ2v) is 11.1. The molecule has 0 radical (unpaired) electrons. The number of nitrogens with zero attached hydrogens (tertiary/aromatic N) is 4. The standard InChI is InChI=1S/C32H48N4O8/c1-33-5-6-34(2)26-22-30-29(21-25(26)33)41-17-13-37-9-10-39-15-19-43-31-23-27-28(36(4)8-7-35(27)3)24-32(31)44-20-16-40-12-11-38-14-18-42-30/h21-24H,5-20H2,1-4H3. The number of likely N-dealkylation sites (N-methyl/N-ethyl adjacent to an activating group) is 4. The van der Waals surface area contributed by atoms with Crippen LogP contribution in [0.5, 0.6) is 23.0 Å². The van der Waals surface area contributed by atoms with Crippen LogP contribution in [-0.4, -0.2) is 134 Å². The van der Waals surface area contributed by atoms with Crippen LogP contribution in [0.2, 0.25) is 0 Å². The zero-order valence-electron chi connectivity index (χ0n) is 26.7. The van der Waals surface area contributed by atoms with Gasteiger partial charge in [0.15, 0.2) is 23.0 Å². The van der Waals surface area contributed by atoms with Gasteiger partial charge in [-0.3, -0.25) is 0 Å². The molecule has 244 valence electrons. The van der Waals surface area contributed by atoms with E-state index < -0.39 is 0 Å². The lowest BCUT2D eigenvalue weighted by molar-refractivity contribution is 0.0223. The minimum atomic E-state index is 0.399. The van der Waals surface area contributed by atoms with Crippen molar-refractivity contribution in [3.8, 4) is 23.0 Å². The molecule has 0 saturated heterocycles. The topological polar surface area (TPSA) is 86.8 Å². The second-order valence-electron chi connectivity index (χ2n) is 11.1. The maximum Gasteiger partial charge on any atom is 0.163 e. The molecule has 0 aliphatic carbocycles. The second kappa shape index (κ2) is 16.1. The highest BCUT2D eigenvalue weighted by atomic mass is 16.6. The van der Waals surface area contributed by atoms with E-state index in [4.69, 9.17) is 37.9 Å². The van der Waals surface area contributed by atoms with Gasteiger partial charge in [-0.1, -0.05) is 0 Å². The Morgan fingerprint density at radius 1 is 0.341 bits per heavy atom. The molecule has 0 N–H and O–H groups in total. The van der Waals surface area contributed by atoms with Crippen LogP contribution in [0.1, 0.15) is 0 Å². The third-order valence-electron chi connectivity index (χ3n) is 7.95. The number of hydrogen-bond acceptors (Lipinski definition) is 12. The summed E-state index contributed by atoms with van der Waals surface area (Å²) in [5.74, 6) is 2.78. The van der Waals surface area contributed by atoms with E-state index in [0.717, 1.165) is 48.9 Å². The number of fused-ring (bicyclic) bond motifs is 4. The van der Waals surface area contributed by atoms with Crippen LogP contribution in [0.4, 0.5) is 22.7 Å². The van der Waals surface area contributed by atoms with Crippen molar-refractivity contribution < 1.29 is 37.9 Å². The molecule has 0 spiro atoms. The first-order valence-corrected chi connectivity index (χ1v) is 15.5. The molecular formula is C32H48N4O8. The number of anilines is 4. The molecule has 0 unspecified atom stereocenters. The van der Waals surface area contributed by atoms with E-state index in [1.165, 1.54) is 0 Å². The Labute approximate surface area is 261 Å². The van der Waals surface area contributed by atoms with E-state index >= 15 is 0 Å². The molecule has 0 saturated carbocycles. The molecule has 0 bridgehead atoms. The van der Waals surface area contributed by atoms with Crippen molar-refractivity contribution >= 4 is 22.7 Å². The van der Waals surface area contributed by atoms with Crippen LogP contribution in [0, 0.1) is 0 Å². The summed E-state index contributed by atoms with van der Waals surface area (Å²) in [6, 6.07) is 8.20. The van der Waals surface area contributed by atoms with Crippen molar-refractivity contribution in [3.05, 3.63) is 24.3 Å². The first-order valence-electron chi connectivity index (χ1n) is 15.5. The third kappa shape index (κ3) is 8.44. The lowest BCUT2D eigenvalue weighted by Gasteiger charge is -2.35. The van der Waals surface area contributed by atoms with Gasteiger partial charge < -0.3 is 57.5 Å². The van der Waals surface area contributed by atoms with E-state index in [2.05, 4.69) is 72.1 Å². The van der Waals surface area contributed by atoms with Crippen LogP contribution in [-0.2, 0) is 18.9 Å². The molecule has 0 fully saturated rings. The highest BCUT2D eigenvalue weighted by molar-refractivity contribution is 5.78. The van der Waals surface area contributed by atoms with Crippen molar-refractivity contribution in [2.45, 2.75) is 0 Å². The average Bonchev–Trinajstić information content (AvgIpc) is 3.02. The van der Waals surface area contributed by atoms with Crippen molar-refractivity contribution in [2.75, 3.05) is 153 Å². The SMILES string of the molecule is CN1CCN(C)c2cc3c(cc21)OCCOCCOCCOc1cc2c(cc1OCCOCCOCCO3)N(C)CCN2C. The molecule has 2 aromatic carbocycles. The largest absolute Gasteiger partial charge is 0.487 e. The van der Waals surface area contributed by atoms with E-state index in [1.807, 2.05) is 0 Å². The Kier molecular flexibility index (Phi) is 11.8. The predicted molar refractivity (Wildman–Crippen MR) is 171 cm³/mol. The van der Waals surface area contributed by atoms with Crippen LogP contribution < -0.4 is 38.5 Å². The van der Waals surface area contributed by atoms with Gasteiger partial charge in [0, 0.05) is 78.6 Å². The van der Waals surface area contributed by atoms with Gasteiger partial charge in [0.1, 0.15) is 26.4 Å². The first kappa shape index (κ1) is 32.1. The molecule has 12 nitrogen and oxygen atoms in total. The number of benzene rings is 2. The highest BCUT2D eigenvalue weighted by Crippen LogP contribution is 2.42. The van der Waals surface area contributed by atoms with Gasteiger partial charge in [-0.25, -0.2) is 0 Å². The molecule has 3 heterocycles. The van der Waals surface area contributed by atoms with Crippen LogP contribution in [0.15, 0.2) is 24.3 Å². The maximum atomic E-state index is 6.13. The van der Waals surface area contributed by atoms with E-state index in [1.54, 1.807) is 0 Å². The number of rotatable bonds is 0. The normalized spacial score (nSPS) is 19.9. The summed E-state index contributed by atoms with van der Waals surface area (Å²) in [7, 11) is 8.38. The Morgan fingerprint density at radius 3 is 0.773 bits per heavy atom. The Balaban J connectivity index is 1.18. The molecule has 3 aliphatic rings. The summed E-state index contributed by atoms with van der Waals surface area (Å²) in [6.45, 7) is 8.99. The Bertz CT molecular complexity index is 1020. The van der Waals surface area contributed by atoms with Crippen LogP contribution >= 0.6 is 0 Å². The molecular weight excluding hydrogens is 568 g/mol. The maximum absolute atomic E-state index is 6.13. The van der Waals surface area contributed by atoms with Crippen LogP contribution in [0.25, 0.3) is 0 Å². The van der Waals surface area contributed by atoms with Crippen molar-refractivity contribution in [2.24, 2.45) is 0 Å². The van der Waals surface area contributed by atoms with Gasteiger partial charge in [0.2, 0.25) is 0 Å². The Morgan fingerprint density at radius 2 is 0.545 bits per heavy atom. The van der Waals surface area contributed by atoms with Gasteiger partial charge in [-0.2, -0.15) is 0 Å². The highest BCUT2D eigenvalue weighted by Gasteiger charge is 2.23. The molecule has 0 amide bonds. The number of hydrogen-bond donors (Lipinski definition) is 0. The predicted octanol–water partition coefficient (Wildman–Crippen LogP) is 2.75. The van der Waals surface area contributed by atoms with E-state index in [-0.39, 0.29) is 0 Å². The summed E-state index contributed by atoms with van der Waals surface area (Å²) >= 11 is 0.